The average molecular weight is 472 g/mol. The van der Waals surface area contributed by atoms with Crippen LogP contribution in [0.3, 0.4) is 0 Å². The molecule has 4 rings (SSSR count). The lowest BCUT2D eigenvalue weighted by molar-refractivity contribution is -0.117. The van der Waals surface area contributed by atoms with Crippen LogP contribution in [-0.2, 0) is 22.6 Å². The molecule has 10 nitrogen and oxygen atoms in total. The van der Waals surface area contributed by atoms with E-state index in [0.29, 0.717) is 23.3 Å². The molecule has 1 atom stereocenters. The maximum atomic E-state index is 12.3. The minimum atomic E-state index is -0.586. The number of methoxy groups -OCH3 is 1. The summed E-state index contributed by atoms with van der Waals surface area (Å²) < 4.78 is 18.1. The van der Waals surface area contributed by atoms with E-state index in [2.05, 4.69) is 20.8 Å². The van der Waals surface area contributed by atoms with Crippen LogP contribution in [0, 0.1) is 0 Å². The van der Waals surface area contributed by atoms with Gasteiger partial charge in [-0.15, -0.1) is 10.2 Å². The normalized spacial score (nSPS) is 15.4. The number of carbonyl (C=O) groups excluding carboxylic acids is 2. The van der Waals surface area contributed by atoms with E-state index < -0.39 is 11.9 Å². The van der Waals surface area contributed by atoms with Gasteiger partial charge in [-0.05, 0) is 49.2 Å². The maximum absolute atomic E-state index is 12.3. The Bertz CT molecular complexity index is 1060. The summed E-state index contributed by atoms with van der Waals surface area (Å²) in [5.41, 5.74) is 0.884. The summed E-state index contributed by atoms with van der Waals surface area (Å²) in [4.78, 5) is 24.2. The van der Waals surface area contributed by atoms with E-state index in [9.17, 15) is 9.59 Å². The maximum Gasteiger partial charge on any atom is 0.321 e. The Morgan fingerprint density at radius 2 is 2.09 bits per heavy atom. The number of amides is 3. The smallest absolute Gasteiger partial charge is 0.321 e. The number of aromatic nitrogens is 3. The van der Waals surface area contributed by atoms with Gasteiger partial charge >= 0.3 is 6.03 Å². The van der Waals surface area contributed by atoms with Crippen molar-refractivity contribution in [2.24, 2.45) is 0 Å². The van der Waals surface area contributed by atoms with Gasteiger partial charge in [0.05, 0.1) is 38.3 Å². The molecule has 11 heteroatoms. The highest BCUT2D eigenvalue weighted by Crippen LogP contribution is 2.27. The molecule has 1 fully saturated rings. The van der Waals surface area contributed by atoms with Crippen molar-refractivity contribution in [1.29, 1.82) is 0 Å². The van der Waals surface area contributed by atoms with Crippen LogP contribution < -0.4 is 15.4 Å². The van der Waals surface area contributed by atoms with Crippen LogP contribution in [0.4, 0.5) is 4.79 Å². The third kappa shape index (κ3) is 6.14. The van der Waals surface area contributed by atoms with Crippen LogP contribution in [0.2, 0.25) is 0 Å². The minimum absolute atomic E-state index is 0.0143. The van der Waals surface area contributed by atoms with Gasteiger partial charge < -0.3 is 19.2 Å². The summed E-state index contributed by atoms with van der Waals surface area (Å²) in [5.74, 6) is 1.61. The van der Waals surface area contributed by atoms with Crippen molar-refractivity contribution in [3.05, 3.63) is 48.4 Å². The number of benzene rings is 1. The van der Waals surface area contributed by atoms with Gasteiger partial charge in [0.1, 0.15) is 11.5 Å². The van der Waals surface area contributed by atoms with Crippen LogP contribution in [0.5, 0.6) is 5.75 Å². The van der Waals surface area contributed by atoms with Gasteiger partial charge in [0.15, 0.2) is 11.0 Å². The van der Waals surface area contributed by atoms with Gasteiger partial charge in [0.25, 0.3) is 0 Å². The first-order valence-electron chi connectivity index (χ1n) is 10.5. The standard InChI is InChI=1S/C22H25N5O5S/c1-30-16-8-6-15(7-9-16)20-25-26-22(27(20)13-18-5-3-11-32-18)33-14-19(28)24-21(29)23-12-17-4-2-10-31-17/h2,4,6-10,18H,3,5,11-14H2,1H3,(H2,23,24,28,29). The van der Waals surface area contributed by atoms with Gasteiger partial charge in [0.2, 0.25) is 5.91 Å². The predicted octanol–water partition coefficient (Wildman–Crippen LogP) is 2.84. The largest absolute Gasteiger partial charge is 0.497 e. The molecule has 1 aliphatic rings. The highest BCUT2D eigenvalue weighted by atomic mass is 32.2. The van der Waals surface area contributed by atoms with E-state index in [1.165, 1.54) is 18.0 Å². The zero-order chi connectivity index (χ0) is 23.0. The number of nitrogens with zero attached hydrogens (tertiary/aromatic N) is 3. The molecule has 3 aromatic rings. The van der Waals surface area contributed by atoms with Crippen molar-refractivity contribution in [2.45, 2.75) is 37.2 Å². The fourth-order valence-electron chi connectivity index (χ4n) is 3.42. The lowest BCUT2D eigenvalue weighted by atomic mass is 10.2. The summed E-state index contributed by atoms with van der Waals surface area (Å²) in [6.45, 7) is 1.52. The first-order valence-corrected chi connectivity index (χ1v) is 11.5. The molecule has 1 saturated heterocycles. The fourth-order valence-corrected chi connectivity index (χ4v) is 4.17. The molecule has 0 bridgehead atoms. The third-order valence-corrected chi connectivity index (χ3v) is 6.03. The van der Waals surface area contributed by atoms with Crippen molar-refractivity contribution in [3.63, 3.8) is 0 Å². The number of nitrogens with one attached hydrogen (secondary N) is 2. The van der Waals surface area contributed by atoms with Crippen LogP contribution in [-0.4, -0.2) is 52.3 Å². The zero-order valence-corrected chi connectivity index (χ0v) is 19.0. The van der Waals surface area contributed by atoms with Crippen molar-refractivity contribution in [3.8, 4) is 17.1 Å². The van der Waals surface area contributed by atoms with Crippen molar-refractivity contribution in [2.75, 3.05) is 19.5 Å². The number of hydrogen-bond donors (Lipinski definition) is 2. The number of furan rings is 1. The lowest BCUT2D eigenvalue weighted by Crippen LogP contribution is -2.39. The Balaban J connectivity index is 1.39. The fraction of sp³-hybridized carbons (Fsp3) is 0.364. The number of urea groups is 1. The highest BCUT2D eigenvalue weighted by molar-refractivity contribution is 7.99. The van der Waals surface area contributed by atoms with Crippen molar-refractivity contribution >= 4 is 23.7 Å². The molecular formula is C22H25N5O5S. The highest BCUT2D eigenvalue weighted by Gasteiger charge is 2.22. The number of ether oxygens (including phenoxy) is 2. The number of rotatable bonds is 9. The van der Waals surface area contributed by atoms with E-state index >= 15 is 0 Å². The molecule has 0 aliphatic carbocycles. The van der Waals surface area contributed by atoms with Crippen molar-refractivity contribution in [1.82, 2.24) is 25.4 Å². The lowest BCUT2D eigenvalue weighted by Gasteiger charge is -2.15. The first-order chi connectivity index (χ1) is 16.1. The number of carbonyl (C=O) groups is 2. The van der Waals surface area contributed by atoms with E-state index in [1.807, 2.05) is 28.8 Å². The molecule has 0 saturated carbocycles. The molecule has 174 valence electrons. The molecule has 2 aromatic heterocycles. The average Bonchev–Trinajstić information content (AvgIpc) is 3.60. The second kappa shape index (κ2) is 11.0. The predicted molar refractivity (Wildman–Crippen MR) is 121 cm³/mol. The van der Waals surface area contributed by atoms with E-state index in [4.69, 9.17) is 13.9 Å². The molecule has 0 radical (unpaired) electrons. The molecule has 1 aliphatic heterocycles. The van der Waals surface area contributed by atoms with Gasteiger partial charge in [-0.1, -0.05) is 11.8 Å². The van der Waals surface area contributed by atoms with Gasteiger partial charge in [-0.2, -0.15) is 0 Å². The Kier molecular flexibility index (Phi) is 7.63. The monoisotopic (exact) mass is 471 g/mol. The molecular weight excluding hydrogens is 446 g/mol. The Hall–Kier alpha value is -3.31. The van der Waals surface area contributed by atoms with Crippen LogP contribution in [0.15, 0.2) is 52.2 Å². The molecule has 2 N–H and O–H groups in total. The number of imide groups is 1. The van der Waals surface area contributed by atoms with Crippen molar-refractivity contribution < 1.29 is 23.5 Å². The summed E-state index contributed by atoms with van der Waals surface area (Å²) in [6, 6.07) is 10.4. The number of hydrogen-bond acceptors (Lipinski definition) is 8. The molecule has 33 heavy (non-hydrogen) atoms. The van der Waals surface area contributed by atoms with Gasteiger partial charge in [0, 0.05) is 12.2 Å². The summed E-state index contributed by atoms with van der Waals surface area (Å²) >= 11 is 1.22. The van der Waals surface area contributed by atoms with Gasteiger partial charge in [-0.25, -0.2) is 4.79 Å². The second-order valence-corrected chi connectivity index (χ2v) is 8.32. The Morgan fingerprint density at radius 1 is 1.24 bits per heavy atom. The summed E-state index contributed by atoms with van der Waals surface area (Å²) in [5, 5.41) is 14.1. The molecule has 3 heterocycles. The van der Waals surface area contributed by atoms with Gasteiger partial charge in [-0.3, -0.25) is 14.7 Å². The van der Waals surface area contributed by atoms with E-state index in [0.717, 1.165) is 30.8 Å². The van der Waals surface area contributed by atoms with Crippen LogP contribution >= 0.6 is 11.8 Å². The molecule has 1 aromatic carbocycles. The topological polar surface area (TPSA) is 121 Å². The number of thioether (sulfide) groups is 1. The SMILES string of the molecule is COc1ccc(-c2nnc(SCC(=O)NC(=O)NCc3ccco3)n2CC2CCCO2)cc1. The van der Waals surface area contributed by atoms with E-state index in [1.54, 1.807) is 19.2 Å². The quantitative estimate of drug-likeness (QED) is 0.457. The van der Waals surface area contributed by atoms with Crippen LogP contribution in [0.1, 0.15) is 18.6 Å². The summed E-state index contributed by atoms with van der Waals surface area (Å²) in [6.07, 6.45) is 3.56. The van der Waals surface area contributed by atoms with Crippen LogP contribution in [0.25, 0.3) is 11.4 Å². The Morgan fingerprint density at radius 3 is 2.79 bits per heavy atom. The third-order valence-electron chi connectivity index (χ3n) is 5.06. The molecule has 1 unspecified atom stereocenters. The minimum Gasteiger partial charge on any atom is -0.497 e. The second-order valence-electron chi connectivity index (χ2n) is 7.38. The van der Waals surface area contributed by atoms with E-state index in [-0.39, 0.29) is 18.4 Å². The molecule has 3 amide bonds. The molecule has 0 spiro atoms. The summed E-state index contributed by atoms with van der Waals surface area (Å²) in [7, 11) is 1.62. The zero-order valence-electron chi connectivity index (χ0n) is 18.2. The Labute approximate surface area is 195 Å². The first kappa shape index (κ1) is 22.9.